The molecule has 2 heteroatoms. The van der Waals surface area contributed by atoms with E-state index >= 15 is 0 Å². The van der Waals surface area contributed by atoms with E-state index < -0.39 is 0 Å². The zero-order valence-electron chi connectivity index (χ0n) is 10.3. The van der Waals surface area contributed by atoms with E-state index in [1.807, 2.05) is 0 Å². The van der Waals surface area contributed by atoms with Gasteiger partial charge in [0.05, 0.1) is 0 Å². The molecule has 2 aliphatic rings. The van der Waals surface area contributed by atoms with E-state index in [1.54, 1.807) is 0 Å². The molecule has 2 nitrogen and oxygen atoms in total. The minimum absolute atomic E-state index is 0.0234. The Labute approximate surface area is 94.2 Å². The highest BCUT2D eigenvalue weighted by Crippen LogP contribution is 2.37. The summed E-state index contributed by atoms with van der Waals surface area (Å²) >= 11 is 0. The first kappa shape index (κ1) is 11.4. The molecule has 88 valence electrons. The molecule has 2 atom stereocenters. The number of hydrogen-bond donors (Lipinski definition) is 1. The molecule has 0 aromatic rings. The first-order chi connectivity index (χ1) is 7.04. The van der Waals surface area contributed by atoms with Gasteiger partial charge in [0.15, 0.2) is 0 Å². The minimum atomic E-state index is 0.0234. The van der Waals surface area contributed by atoms with Gasteiger partial charge >= 0.3 is 0 Å². The molecule has 1 heterocycles. The molecular formula is C13H26N2. The maximum absolute atomic E-state index is 5.99. The van der Waals surface area contributed by atoms with Crippen LogP contribution in [-0.2, 0) is 0 Å². The van der Waals surface area contributed by atoms with Crippen LogP contribution < -0.4 is 5.73 Å². The van der Waals surface area contributed by atoms with Crippen molar-refractivity contribution in [1.29, 1.82) is 0 Å². The maximum atomic E-state index is 5.99. The molecule has 2 unspecified atom stereocenters. The number of fused-ring (bicyclic) bond motifs is 1. The molecule has 15 heavy (non-hydrogen) atoms. The summed E-state index contributed by atoms with van der Waals surface area (Å²) in [4.78, 5) is 2.67. The summed E-state index contributed by atoms with van der Waals surface area (Å²) in [7, 11) is 0. The number of nitrogens with two attached hydrogens (primary N) is 1. The third-order valence-corrected chi connectivity index (χ3v) is 4.10. The van der Waals surface area contributed by atoms with Gasteiger partial charge in [-0.15, -0.1) is 0 Å². The van der Waals surface area contributed by atoms with Crippen molar-refractivity contribution in [2.24, 2.45) is 17.6 Å². The largest absolute Gasteiger partial charge is 0.326 e. The Balaban J connectivity index is 1.65. The fourth-order valence-electron chi connectivity index (χ4n) is 3.27. The summed E-state index contributed by atoms with van der Waals surface area (Å²) in [6, 6.07) is 0. The summed E-state index contributed by atoms with van der Waals surface area (Å²) in [5.41, 5.74) is 6.02. The molecule has 2 N–H and O–H groups in total. The molecule has 0 spiro atoms. The van der Waals surface area contributed by atoms with Gasteiger partial charge in [-0.1, -0.05) is 6.42 Å². The summed E-state index contributed by atoms with van der Waals surface area (Å²) in [6.45, 7) is 8.27. The Morgan fingerprint density at radius 2 is 1.80 bits per heavy atom. The minimum Gasteiger partial charge on any atom is -0.326 e. The van der Waals surface area contributed by atoms with Crippen molar-refractivity contribution >= 4 is 0 Å². The van der Waals surface area contributed by atoms with Crippen molar-refractivity contribution in [2.75, 3.05) is 19.6 Å². The van der Waals surface area contributed by atoms with Crippen molar-refractivity contribution < 1.29 is 0 Å². The van der Waals surface area contributed by atoms with Crippen molar-refractivity contribution in [3.8, 4) is 0 Å². The lowest BCUT2D eigenvalue weighted by Crippen LogP contribution is -2.33. The van der Waals surface area contributed by atoms with Crippen LogP contribution in [0.15, 0.2) is 0 Å². The molecule has 0 aromatic heterocycles. The zero-order chi connectivity index (χ0) is 10.9. The zero-order valence-corrected chi connectivity index (χ0v) is 10.3. The molecule has 1 aliphatic heterocycles. The predicted octanol–water partition coefficient (Wildman–Crippen LogP) is 2.24. The maximum Gasteiger partial charge on any atom is 0.00975 e. The molecule has 0 bridgehead atoms. The second-order valence-corrected chi connectivity index (χ2v) is 6.30. The Morgan fingerprint density at radius 1 is 1.20 bits per heavy atom. The van der Waals surface area contributed by atoms with Gasteiger partial charge in [-0.25, -0.2) is 0 Å². The molecule has 2 rings (SSSR count). The van der Waals surface area contributed by atoms with Crippen LogP contribution in [0.2, 0.25) is 0 Å². The fourth-order valence-corrected chi connectivity index (χ4v) is 3.27. The Hall–Kier alpha value is -0.0800. The van der Waals surface area contributed by atoms with Crippen molar-refractivity contribution in [2.45, 2.75) is 51.5 Å². The molecule has 0 amide bonds. The lowest BCUT2D eigenvalue weighted by molar-refractivity contribution is 0.291. The van der Waals surface area contributed by atoms with Crippen LogP contribution in [0.1, 0.15) is 46.0 Å². The normalized spacial score (nSPS) is 32.2. The molecule has 0 aromatic carbocycles. The van der Waals surface area contributed by atoms with Crippen LogP contribution in [0, 0.1) is 11.8 Å². The van der Waals surface area contributed by atoms with Crippen molar-refractivity contribution in [3.05, 3.63) is 0 Å². The van der Waals surface area contributed by atoms with E-state index in [-0.39, 0.29) is 5.54 Å². The number of rotatable bonds is 4. The van der Waals surface area contributed by atoms with Gasteiger partial charge in [0, 0.05) is 18.6 Å². The van der Waals surface area contributed by atoms with E-state index in [2.05, 4.69) is 18.7 Å². The average molecular weight is 210 g/mol. The molecular weight excluding hydrogens is 184 g/mol. The standard InChI is InChI=1S/C13H26N2/c1-13(2,14)7-4-8-15-9-11-5-3-6-12(11)10-15/h11-12H,3-10,14H2,1-2H3. The van der Waals surface area contributed by atoms with Crippen molar-refractivity contribution in [1.82, 2.24) is 4.90 Å². The summed E-state index contributed by atoms with van der Waals surface area (Å²) in [5.74, 6) is 2.08. The quantitative estimate of drug-likeness (QED) is 0.771. The van der Waals surface area contributed by atoms with E-state index in [0.29, 0.717) is 0 Å². The summed E-state index contributed by atoms with van der Waals surface area (Å²) < 4.78 is 0. The summed E-state index contributed by atoms with van der Waals surface area (Å²) in [5, 5.41) is 0. The Kier molecular flexibility index (Phi) is 3.36. The van der Waals surface area contributed by atoms with Gasteiger partial charge in [-0.3, -0.25) is 0 Å². The van der Waals surface area contributed by atoms with E-state index in [0.717, 1.165) is 18.3 Å². The van der Waals surface area contributed by atoms with Crippen LogP contribution in [0.25, 0.3) is 0 Å². The topological polar surface area (TPSA) is 29.3 Å². The third-order valence-electron chi connectivity index (χ3n) is 4.10. The van der Waals surface area contributed by atoms with Gasteiger partial charge in [-0.05, 0) is 57.9 Å². The average Bonchev–Trinajstić information content (AvgIpc) is 2.60. The highest BCUT2D eigenvalue weighted by Gasteiger charge is 2.35. The number of likely N-dealkylation sites (tertiary alicyclic amines) is 1. The fraction of sp³-hybridized carbons (Fsp3) is 1.00. The van der Waals surface area contributed by atoms with E-state index in [4.69, 9.17) is 5.73 Å². The number of hydrogen-bond acceptors (Lipinski definition) is 2. The SMILES string of the molecule is CC(C)(N)CCCN1CC2CCCC2C1. The highest BCUT2D eigenvalue weighted by molar-refractivity contribution is 4.88. The van der Waals surface area contributed by atoms with Crippen LogP contribution in [0.4, 0.5) is 0 Å². The van der Waals surface area contributed by atoms with Crippen LogP contribution in [-0.4, -0.2) is 30.1 Å². The van der Waals surface area contributed by atoms with Gasteiger partial charge in [0.25, 0.3) is 0 Å². The molecule has 0 radical (unpaired) electrons. The van der Waals surface area contributed by atoms with Gasteiger partial charge < -0.3 is 10.6 Å². The van der Waals surface area contributed by atoms with E-state index in [9.17, 15) is 0 Å². The van der Waals surface area contributed by atoms with Gasteiger partial charge in [0.2, 0.25) is 0 Å². The van der Waals surface area contributed by atoms with Crippen LogP contribution in [0.5, 0.6) is 0 Å². The summed E-state index contributed by atoms with van der Waals surface area (Å²) in [6.07, 6.45) is 6.88. The smallest absolute Gasteiger partial charge is 0.00975 e. The lowest BCUT2D eigenvalue weighted by Gasteiger charge is -2.21. The highest BCUT2D eigenvalue weighted by atomic mass is 15.2. The predicted molar refractivity (Wildman–Crippen MR) is 64.8 cm³/mol. The second-order valence-electron chi connectivity index (χ2n) is 6.30. The Morgan fingerprint density at radius 3 is 2.33 bits per heavy atom. The molecule has 1 aliphatic carbocycles. The Bertz CT molecular complexity index is 195. The molecule has 2 fully saturated rings. The van der Waals surface area contributed by atoms with Gasteiger partial charge in [-0.2, -0.15) is 0 Å². The van der Waals surface area contributed by atoms with Crippen LogP contribution >= 0.6 is 0 Å². The van der Waals surface area contributed by atoms with Crippen molar-refractivity contribution in [3.63, 3.8) is 0 Å². The first-order valence-corrected chi connectivity index (χ1v) is 6.56. The molecule has 1 saturated carbocycles. The lowest BCUT2D eigenvalue weighted by atomic mass is 10.00. The third kappa shape index (κ3) is 3.18. The first-order valence-electron chi connectivity index (χ1n) is 6.56. The number of nitrogens with zero attached hydrogens (tertiary/aromatic N) is 1. The monoisotopic (exact) mass is 210 g/mol. The molecule has 1 saturated heterocycles. The second kappa shape index (κ2) is 4.42. The van der Waals surface area contributed by atoms with E-state index in [1.165, 1.54) is 45.3 Å². The van der Waals surface area contributed by atoms with Crippen LogP contribution in [0.3, 0.4) is 0 Å². The van der Waals surface area contributed by atoms with Gasteiger partial charge in [0.1, 0.15) is 0 Å².